The van der Waals surface area contributed by atoms with E-state index in [9.17, 15) is 31.1 Å². The highest BCUT2D eigenvalue weighted by molar-refractivity contribution is 6.34. The zero-order valence-electron chi connectivity index (χ0n) is 15.1. The number of ether oxygens (including phenoxy) is 1. The van der Waals surface area contributed by atoms with Gasteiger partial charge in [0, 0.05) is 24.1 Å². The number of anilines is 1. The van der Waals surface area contributed by atoms with Gasteiger partial charge in [0.05, 0.1) is 16.1 Å². The van der Waals surface area contributed by atoms with Crippen LogP contribution in [0, 0.1) is 0 Å². The van der Waals surface area contributed by atoms with Gasteiger partial charge in [-0.2, -0.15) is 26.3 Å². The number of alkyl halides is 6. The summed E-state index contributed by atoms with van der Waals surface area (Å²) in [6, 6.07) is 6.80. The fourth-order valence-corrected chi connectivity index (χ4v) is 2.53. The van der Waals surface area contributed by atoms with Crippen LogP contribution in [-0.2, 0) is 12.4 Å². The standard InChI is InChI=1S/C19H10ClF6N3O2/c20-14-5-6-27-9-13(14)17(30)28-11-1-3-12(4-2-11)31-16-8-10(18(21,22)23)7-15(29-16)19(24,25)26/h1-9H,(H,28,30). The molecule has 162 valence electrons. The number of hydrogen-bond donors (Lipinski definition) is 1. The van der Waals surface area contributed by atoms with E-state index in [1.807, 2.05) is 0 Å². The predicted molar refractivity (Wildman–Crippen MR) is 98.0 cm³/mol. The van der Waals surface area contributed by atoms with Crippen molar-refractivity contribution in [3.63, 3.8) is 0 Å². The van der Waals surface area contributed by atoms with Gasteiger partial charge >= 0.3 is 12.4 Å². The lowest BCUT2D eigenvalue weighted by atomic mass is 10.2. The van der Waals surface area contributed by atoms with Crippen molar-refractivity contribution in [3.05, 3.63) is 76.7 Å². The summed E-state index contributed by atoms with van der Waals surface area (Å²) in [5.74, 6) is -1.56. The van der Waals surface area contributed by atoms with Crippen LogP contribution in [0.1, 0.15) is 21.6 Å². The number of benzene rings is 1. The van der Waals surface area contributed by atoms with E-state index in [0.29, 0.717) is 6.07 Å². The molecule has 0 unspecified atom stereocenters. The Morgan fingerprint density at radius 3 is 2.23 bits per heavy atom. The third-order valence-corrected chi connectivity index (χ3v) is 4.10. The zero-order chi connectivity index (χ0) is 22.8. The molecule has 1 aromatic carbocycles. The maximum Gasteiger partial charge on any atom is 0.433 e. The van der Waals surface area contributed by atoms with Crippen molar-refractivity contribution >= 4 is 23.2 Å². The third-order valence-electron chi connectivity index (χ3n) is 3.77. The van der Waals surface area contributed by atoms with Crippen molar-refractivity contribution in [1.29, 1.82) is 0 Å². The van der Waals surface area contributed by atoms with Gasteiger partial charge in [0.25, 0.3) is 5.91 Å². The van der Waals surface area contributed by atoms with Crippen molar-refractivity contribution in [2.45, 2.75) is 12.4 Å². The first-order valence-corrected chi connectivity index (χ1v) is 8.66. The third kappa shape index (κ3) is 5.63. The molecular weight excluding hydrogens is 452 g/mol. The summed E-state index contributed by atoms with van der Waals surface area (Å²) in [7, 11) is 0. The molecule has 1 amide bonds. The van der Waals surface area contributed by atoms with Crippen LogP contribution in [-0.4, -0.2) is 15.9 Å². The molecule has 5 nitrogen and oxygen atoms in total. The molecule has 0 aliphatic rings. The SMILES string of the molecule is O=C(Nc1ccc(Oc2cc(C(F)(F)F)cc(C(F)(F)F)n2)cc1)c1cnccc1Cl. The van der Waals surface area contributed by atoms with E-state index in [4.69, 9.17) is 16.3 Å². The molecule has 31 heavy (non-hydrogen) atoms. The van der Waals surface area contributed by atoms with Crippen LogP contribution in [0.15, 0.2) is 54.9 Å². The number of nitrogens with zero attached hydrogens (tertiary/aromatic N) is 2. The molecule has 0 saturated heterocycles. The molecule has 0 radical (unpaired) electrons. The maximum atomic E-state index is 12.9. The van der Waals surface area contributed by atoms with E-state index in [-0.39, 0.29) is 28.1 Å². The van der Waals surface area contributed by atoms with Gasteiger partial charge in [0.15, 0.2) is 0 Å². The van der Waals surface area contributed by atoms with E-state index in [2.05, 4.69) is 15.3 Å². The van der Waals surface area contributed by atoms with Crippen LogP contribution in [0.2, 0.25) is 5.02 Å². The first kappa shape index (κ1) is 22.3. The average Bonchev–Trinajstić information content (AvgIpc) is 2.68. The van der Waals surface area contributed by atoms with Crippen LogP contribution in [0.3, 0.4) is 0 Å². The monoisotopic (exact) mass is 461 g/mol. The van der Waals surface area contributed by atoms with Crippen molar-refractivity contribution in [2.24, 2.45) is 0 Å². The molecule has 0 aliphatic carbocycles. The highest BCUT2D eigenvalue weighted by atomic mass is 35.5. The van der Waals surface area contributed by atoms with E-state index >= 15 is 0 Å². The number of nitrogens with one attached hydrogen (secondary N) is 1. The summed E-state index contributed by atoms with van der Waals surface area (Å²) < 4.78 is 82.4. The molecule has 12 heteroatoms. The number of carbonyl (C=O) groups is 1. The second kappa shape index (κ2) is 8.42. The first-order chi connectivity index (χ1) is 14.4. The van der Waals surface area contributed by atoms with Crippen LogP contribution in [0.25, 0.3) is 0 Å². The van der Waals surface area contributed by atoms with E-state index in [1.54, 1.807) is 0 Å². The van der Waals surface area contributed by atoms with Crippen molar-refractivity contribution in [3.8, 4) is 11.6 Å². The van der Waals surface area contributed by atoms with Gasteiger partial charge in [-0.25, -0.2) is 4.98 Å². The van der Waals surface area contributed by atoms with Crippen LogP contribution in [0.4, 0.5) is 32.0 Å². The van der Waals surface area contributed by atoms with Crippen LogP contribution < -0.4 is 10.1 Å². The topological polar surface area (TPSA) is 64.1 Å². The minimum Gasteiger partial charge on any atom is -0.439 e. The second-order valence-electron chi connectivity index (χ2n) is 6.01. The van der Waals surface area contributed by atoms with Gasteiger partial charge in [-0.15, -0.1) is 0 Å². The molecule has 0 fully saturated rings. The van der Waals surface area contributed by atoms with Gasteiger partial charge in [-0.1, -0.05) is 11.6 Å². The number of hydrogen-bond acceptors (Lipinski definition) is 4. The van der Waals surface area contributed by atoms with Gasteiger partial charge in [0.1, 0.15) is 11.4 Å². The Morgan fingerprint density at radius 2 is 1.65 bits per heavy atom. The Balaban J connectivity index is 1.79. The number of aromatic nitrogens is 2. The summed E-state index contributed by atoms with van der Waals surface area (Å²) in [6.07, 6.45) is -7.46. The van der Waals surface area contributed by atoms with Gasteiger partial charge in [-0.3, -0.25) is 9.78 Å². The summed E-state index contributed by atoms with van der Waals surface area (Å²) >= 11 is 5.90. The number of pyridine rings is 2. The molecule has 0 atom stereocenters. The molecule has 2 heterocycles. The van der Waals surface area contributed by atoms with Crippen molar-refractivity contribution in [1.82, 2.24) is 9.97 Å². The Kier molecular flexibility index (Phi) is 6.07. The summed E-state index contributed by atoms with van der Waals surface area (Å²) in [5.41, 5.74) is -2.92. The maximum absolute atomic E-state index is 12.9. The number of halogens is 7. The van der Waals surface area contributed by atoms with Crippen LogP contribution >= 0.6 is 11.6 Å². The van der Waals surface area contributed by atoms with Crippen molar-refractivity contribution in [2.75, 3.05) is 5.32 Å². The minimum atomic E-state index is -5.10. The summed E-state index contributed by atoms with van der Waals surface area (Å²) in [4.78, 5) is 19.1. The number of amides is 1. The van der Waals surface area contributed by atoms with Crippen LogP contribution in [0.5, 0.6) is 11.6 Å². The van der Waals surface area contributed by atoms with Gasteiger partial charge < -0.3 is 10.1 Å². The predicted octanol–water partition coefficient (Wildman–Crippen LogP) is 6.21. The Morgan fingerprint density at radius 1 is 0.968 bits per heavy atom. The first-order valence-electron chi connectivity index (χ1n) is 8.29. The molecule has 0 aliphatic heterocycles. The second-order valence-corrected chi connectivity index (χ2v) is 6.42. The Bertz CT molecular complexity index is 1070. The molecule has 3 aromatic rings. The molecule has 0 saturated carbocycles. The molecule has 2 aromatic heterocycles. The summed E-state index contributed by atoms with van der Waals surface area (Å²) in [6.45, 7) is 0. The Hall–Kier alpha value is -3.34. The quantitative estimate of drug-likeness (QED) is 0.469. The molecule has 3 rings (SSSR count). The Labute approximate surface area is 175 Å². The molecule has 0 spiro atoms. The minimum absolute atomic E-state index is 0.0997. The highest BCUT2D eigenvalue weighted by Crippen LogP contribution is 2.37. The summed E-state index contributed by atoms with van der Waals surface area (Å²) in [5, 5.41) is 2.69. The molecule has 0 bridgehead atoms. The van der Waals surface area contributed by atoms with E-state index < -0.39 is 35.4 Å². The molecule has 1 N–H and O–H groups in total. The number of rotatable bonds is 4. The normalized spacial score (nSPS) is 11.8. The highest BCUT2D eigenvalue weighted by Gasteiger charge is 2.38. The van der Waals surface area contributed by atoms with Gasteiger partial charge in [0.2, 0.25) is 5.88 Å². The smallest absolute Gasteiger partial charge is 0.433 e. The average molecular weight is 462 g/mol. The largest absolute Gasteiger partial charge is 0.439 e. The lowest BCUT2D eigenvalue weighted by Crippen LogP contribution is -2.13. The van der Waals surface area contributed by atoms with E-state index in [0.717, 1.165) is 0 Å². The lowest BCUT2D eigenvalue weighted by Gasteiger charge is -2.14. The molecular formula is C19H10ClF6N3O2. The number of carbonyl (C=O) groups excluding carboxylic acids is 1. The van der Waals surface area contributed by atoms with E-state index in [1.165, 1.54) is 42.7 Å². The fourth-order valence-electron chi connectivity index (χ4n) is 2.34. The van der Waals surface area contributed by atoms with Crippen molar-refractivity contribution < 1.29 is 35.9 Å². The zero-order valence-corrected chi connectivity index (χ0v) is 15.8. The lowest BCUT2D eigenvalue weighted by molar-refractivity contribution is -0.145. The fraction of sp³-hybridized carbons (Fsp3) is 0.105. The van der Waals surface area contributed by atoms with Gasteiger partial charge in [-0.05, 0) is 36.4 Å².